The van der Waals surface area contributed by atoms with Gasteiger partial charge in [-0.1, -0.05) is 24.3 Å². The summed E-state index contributed by atoms with van der Waals surface area (Å²) in [6.45, 7) is 5.21. The lowest BCUT2D eigenvalue weighted by atomic mass is 9.76. The fourth-order valence-corrected chi connectivity index (χ4v) is 4.47. The molecule has 2 aromatic rings. The van der Waals surface area contributed by atoms with Crippen LogP contribution in [-0.2, 0) is 6.42 Å². The van der Waals surface area contributed by atoms with Gasteiger partial charge in [0.25, 0.3) is 0 Å². The minimum atomic E-state index is -1.06. The number of hydrogen-bond donors (Lipinski definition) is 1. The quantitative estimate of drug-likeness (QED) is 0.250. The molecule has 0 amide bonds. The zero-order chi connectivity index (χ0) is 23.3. The lowest BCUT2D eigenvalue weighted by Crippen LogP contribution is -2.16. The number of aryl methyl sites for hydroxylation is 1. The Morgan fingerprint density at radius 2 is 1.72 bits per heavy atom. The molecule has 1 N–H and O–H groups in total. The molecule has 1 atom stereocenters. The SMILES string of the molecule is C=CCCOc1ccc(C2CCC(CCc3ccc(C(C)O)c(F)c3F)CC2)c(F)c1F. The van der Waals surface area contributed by atoms with Gasteiger partial charge in [-0.3, -0.25) is 0 Å². The van der Waals surface area contributed by atoms with E-state index in [9.17, 15) is 22.7 Å². The van der Waals surface area contributed by atoms with Gasteiger partial charge in [0.1, 0.15) is 0 Å². The first-order chi connectivity index (χ1) is 15.3. The van der Waals surface area contributed by atoms with Crippen LogP contribution in [0.3, 0.4) is 0 Å². The van der Waals surface area contributed by atoms with Gasteiger partial charge in [0, 0.05) is 5.56 Å². The Morgan fingerprint density at radius 1 is 1.00 bits per heavy atom. The van der Waals surface area contributed by atoms with Crippen molar-refractivity contribution in [3.05, 3.63) is 76.9 Å². The summed E-state index contributed by atoms with van der Waals surface area (Å²) in [7, 11) is 0. The summed E-state index contributed by atoms with van der Waals surface area (Å²) in [6, 6.07) is 6.05. The van der Waals surface area contributed by atoms with Crippen molar-refractivity contribution < 1.29 is 27.4 Å². The Balaban J connectivity index is 1.56. The molecule has 0 aliphatic heterocycles. The molecule has 6 heteroatoms. The van der Waals surface area contributed by atoms with E-state index in [1.54, 1.807) is 12.1 Å². The van der Waals surface area contributed by atoms with Gasteiger partial charge in [0.05, 0.1) is 12.7 Å². The molecular formula is C26H30F4O2. The van der Waals surface area contributed by atoms with E-state index in [-0.39, 0.29) is 23.8 Å². The third-order valence-electron chi connectivity index (χ3n) is 6.41. The maximum Gasteiger partial charge on any atom is 0.200 e. The van der Waals surface area contributed by atoms with Crippen molar-refractivity contribution in [1.29, 1.82) is 0 Å². The standard InChI is InChI=1S/C26H30F4O2/c1-3-4-15-32-22-14-13-21(25(29)26(22)30)18-8-5-17(6-9-18)7-10-19-11-12-20(16(2)31)24(28)23(19)27/h3,11-14,16-18,31H,1,4-10,15H2,2H3. The normalized spacial score (nSPS) is 19.6. The molecule has 0 aromatic heterocycles. The molecule has 2 nitrogen and oxygen atoms in total. The lowest BCUT2D eigenvalue weighted by Gasteiger charge is -2.29. The highest BCUT2D eigenvalue weighted by Crippen LogP contribution is 2.40. The Labute approximate surface area is 186 Å². The number of halogens is 4. The number of aliphatic hydroxyl groups excluding tert-OH is 1. The molecule has 0 saturated heterocycles. The zero-order valence-electron chi connectivity index (χ0n) is 18.4. The number of rotatable bonds is 9. The zero-order valence-corrected chi connectivity index (χ0v) is 18.4. The Kier molecular flexibility index (Phi) is 8.35. The first kappa shape index (κ1) is 24.3. The second kappa shape index (κ2) is 11.0. The highest BCUT2D eigenvalue weighted by molar-refractivity contribution is 5.33. The lowest BCUT2D eigenvalue weighted by molar-refractivity contribution is 0.192. The summed E-state index contributed by atoms with van der Waals surface area (Å²) in [5.74, 6) is -3.52. The van der Waals surface area contributed by atoms with Gasteiger partial charge in [-0.05, 0) is 80.9 Å². The van der Waals surface area contributed by atoms with Crippen molar-refractivity contribution in [3.8, 4) is 5.75 Å². The van der Waals surface area contributed by atoms with E-state index in [0.717, 1.165) is 25.7 Å². The molecule has 3 rings (SSSR count). The first-order valence-electron chi connectivity index (χ1n) is 11.2. The molecule has 174 valence electrons. The van der Waals surface area contributed by atoms with Crippen LogP contribution in [0.4, 0.5) is 17.6 Å². The summed E-state index contributed by atoms with van der Waals surface area (Å²) >= 11 is 0. The van der Waals surface area contributed by atoms with Crippen LogP contribution in [0, 0.1) is 29.2 Å². The Hall–Kier alpha value is -2.34. The maximum atomic E-state index is 14.6. The number of aliphatic hydroxyl groups is 1. The summed E-state index contributed by atoms with van der Waals surface area (Å²) in [4.78, 5) is 0. The van der Waals surface area contributed by atoms with Crippen LogP contribution in [-0.4, -0.2) is 11.7 Å². The topological polar surface area (TPSA) is 29.5 Å². The van der Waals surface area contributed by atoms with Crippen LogP contribution >= 0.6 is 0 Å². The molecule has 1 fully saturated rings. The molecule has 1 aliphatic rings. The summed E-state index contributed by atoms with van der Waals surface area (Å²) in [5, 5.41) is 9.51. The molecule has 32 heavy (non-hydrogen) atoms. The Morgan fingerprint density at radius 3 is 2.38 bits per heavy atom. The van der Waals surface area contributed by atoms with E-state index >= 15 is 0 Å². The predicted octanol–water partition coefficient (Wildman–Crippen LogP) is 7.16. The second-order valence-corrected chi connectivity index (χ2v) is 8.58. The molecule has 0 radical (unpaired) electrons. The van der Waals surface area contributed by atoms with Gasteiger partial charge in [0.2, 0.25) is 5.82 Å². The van der Waals surface area contributed by atoms with Crippen LogP contribution in [0.2, 0.25) is 0 Å². The monoisotopic (exact) mass is 450 g/mol. The average Bonchev–Trinajstić information content (AvgIpc) is 2.78. The van der Waals surface area contributed by atoms with Gasteiger partial charge in [-0.15, -0.1) is 6.58 Å². The first-order valence-corrected chi connectivity index (χ1v) is 11.2. The summed E-state index contributed by atoms with van der Waals surface area (Å²) in [6.07, 6.45) is 5.31. The van der Waals surface area contributed by atoms with Crippen molar-refractivity contribution in [2.75, 3.05) is 6.61 Å². The average molecular weight is 451 g/mol. The van der Waals surface area contributed by atoms with Crippen molar-refractivity contribution in [1.82, 2.24) is 0 Å². The smallest absolute Gasteiger partial charge is 0.200 e. The van der Waals surface area contributed by atoms with Gasteiger partial charge < -0.3 is 9.84 Å². The predicted molar refractivity (Wildman–Crippen MR) is 117 cm³/mol. The summed E-state index contributed by atoms with van der Waals surface area (Å²) < 4.78 is 62.6. The molecule has 1 unspecified atom stereocenters. The van der Waals surface area contributed by atoms with E-state index in [1.807, 2.05) is 0 Å². The fraction of sp³-hybridized carbons (Fsp3) is 0.462. The number of ether oxygens (including phenoxy) is 1. The van der Waals surface area contributed by atoms with Crippen LogP contribution in [0.5, 0.6) is 5.75 Å². The molecule has 2 aromatic carbocycles. The largest absolute Gasteiger partial charge is 0.490 e. The van der Waals surface area contributed by atoms with Crippen LogP contribution in [0.25, 0.3) is 0 Å². The van der Waals surface area contributed by atoms with Crippen molar-refractivity contribution in [2.45, 2.75) is 63.9 Å². The maximum absolute atomic E-state index is 14.6. The number of benzene rings is 2. The molecule has 1 saturated carbocycles. The molecule has 0 spiro atoms. The van der Waals surface area contributed by atoms with E-state index in [0.29, 0.717) is 36.3 Å². The third kappa shape index (κ3) is 5.52. The highest BCUT2D eigenvalue weighted by atomic mass is 19.2. The van der Waals surface area contributed by atoms with Gasteiger partial charge in [-0.25, -0.2) is 13.2 Å². The molecule has 0 bridgehead atoms. The third-order valence-corrected chi connectivity index (χ3v) is 6.41. The van der Waals surface area contributed by atoms with Crippen LogP contribution < -0.4 is 4.74 Å². The van der Waals surface area contributed by atoms with Crippen molar-refractivity contribution in [2.24, 2.45) is 5.92 Å². The van der Waals surface area contributed by atoms with E-state index < -0.39 is 29.4 Å². The minimum absolute atomic E-state index is 0.0434. The van der Waals surface area contributed by atoms with E-state index in [1.165, 1.54) is 25.1 Å². The van der Waals surface area contributed by atoms with Crippen LogP contribution in [0.15, 0.2) is 36.9 Å². The van der Waals surface area contributed by atoms with Gasteiger partial charge in [-0.2, -0.15) is 4.39 Å². The van der Waals surface area contributed by atoms with E-state index in [2.05, 4.69) is 6.58 Å². The van der Waals surface area contributed by atoms with E-state index in [4.69, 9.17) is 4.74 Å². The number of hydrogen-bond acceptors (Lipinski definition) is 2. The van der Waals surface area contributed by atoms with Gasteiger partial charge in [0.15, 0.2) is 23.2 Å². The fourth-order valence-electron chi connectivity index (χ4n) is 4.47. The molecule has 0 heterocycles. The highest BCUT2D eigenvalue weighted by Gasteiger charge is 2.27. The van der Waals surface area contributed by atoms with Gasteiger partial charge >= 0.3 is 0 Å². The van der Waals surface area contributed by atoms with Crippen LogP contribution in [0.1, 0.15) is 74.2 Å². The van der Waals surface area contributed by atoms with Crippen molar-refractivity contribution in [3.63, 3.8) is 0 Å². The van der Waals surface area contributed by atoms with Crippen molar-refractivity contribution >= 4 is 0 Å². The Bertz CT molecular complexity index is 934. The second-order valence-electron chi connectivity index (χ2n) is 8.58. The molecular weight excluding hydrogens is 420 g/mol. The summed E-state index contributed by atoms with van der Waals surface area (Å²) in [5.41, 5.74) is 0.631. The minimum Gasteiger partial charge on any atom is -0.490 e. The molecule has 1 aliphatic carbocycles.